The smallest absolute Gasteiger partial charge is 0.126 e. The van der Waals surface area contributed by atoms with Crippen LogP contribution in [0.25, 0.3) is 0 Å². The quantitative estimate of drug-likeness (QED) is 0.636. The summed E-state index contributed by atoms with van der Waals surface area (Å²) >= 11 is 5.92. The number of rotatable bonds is 2. The predicted molar refractivity (Wildman–Crippen MR) is 54.9 cm³/mol. The Bertz CT molecular complexity index is 294. The van der Waals surface area contributed by atoms with Gasteiger partial charge in [-0.2, -0.15) is 0 Å². The van der Waals surface area contributed by atoms with Crippen molar-refractivity contribution in [2.24, 2.45) is 0 Å². The van der Waals surface area contributed by atoms with Crippen molar-refractivity contribution in [3.63, 3.8) is 0 Å². The minimum absolute atomic E-state index is 0.0451. The first-order chi connectivity index (χ1) is 6.02. The highest BCUT2D eigenvalue weighted by atomic mass is 35.5. The van der Waals surface area contributed by atoms with Crippen LogP contribution in [0.4, 0.5) is 4.39 Å². The summed E-state index contributed by atoms with van der Waals surface area (Å²) in [6, 6.07) is 5.13. The molecule has 2 heteroatoms. The zero-order valence-corrected chi connectivity index (χ0v) is 8.90. The maximum absolute atomic E-state index is 13.3. The Kier molecular flexibility index (Phi) is 3.32. The van der Waals surface area contributed by atoms with Crippen molar-refractivity contribution in [1.29, 1.82) is 0 Å². The lowest BCUT2D eigenvalue weighted by Gasteiger charge is -2.15. The van der Waals surface area contributed by atoms with Crippen LogP contribution in [0.15, 0.2) is 18.2 Å². The molecule has 0 spiro atoms. The monoisotopic (exact) mass is 200 g/mol. The molecule has 0 fully saturated rings. The van der Waals surface area contributed by atoms with Gasteiger partial charge in [0.1, 0.15) is 5.82 Å². The van der Waals surface area contributed by atoms with E-state index < -0.39 is 0 Å². The lowest BCUT2D eigenvalue weighted by Crippen LogP contribution is -2.07. The first kappa shape index (κ1) is 10.5. The summed E-state index contributed by atoms with van der Waals surface area (Å²) in [5.41, 5.74) is 1.78. The standard InChI is InChI=1S/C11H14ClF/c1-7-4-5-11(13)10(6-7)8(2)9(3)12/h4-6,8-9H,1-3H3. The summed E-state index contributed by atoms with van der Waals surface area (Å²) in [5, 5.41) is -0.0451. The van der Waals surface area contributed by atoms with Gasteiger partial charge >= 0.3 is 0 Å². The average molecular weight is 201 g/mol. The minimum atomic E-state index is -0.161. The molecule has 1 rings (SSSR count). The molecule has 1 aromatic rings. The predicted octanol–water partition coefficient (Wildman–Crippen LogP) is 3.86. The molecule has 0 nitrogen and oxygen atoms in total. The molecule has 0 saturated heterocycles. The number of hydrogen-bond acceptors (Lipinski definition) is 0. The fraction of sp³-hybridized carbons (Fsp3) is 0.455. The van der Waals surface area contributed by atoms with Crippen molar-refractivity contribution in [3.05, 3.63) is 35.1 Å². The second kappa shape index (κ2) is 4.10. The first-order valence-electron chi connectivity index (χ1n) is 4.42. The van der Waals surface area contributed by atoms with E-state index in [9.17, 15) is 4.39 Å². The van der Waals surface area contributed by atoms with Crippen molar-refractivity contribution in [1.82, 2.24) is 0 Å². The zero-order valence-electron chi connectivity index (χ0n) is 8.14. The lowest BCUT2D eigenvalue weighted by molar-refractivity contribution is 0.585. The van der Waals surface area contributed by atoms with Crippen molar-refractivity contribution in [2.45, 2.75) is 32.1 Å². The van der Waals surface area contributed by atoms with Crippen molar-refractivity contribution < 1.29 is 4.39 Å². The van der Waals surface area contributed by atoms with Gasteiger partial charge in [0.25, 0.3) is 0 Å². The molecule has 0 amide bonds. The maximum atomic E-state index is 13.3. The van der Waals surface area contributed by atoms with E-state index in [1.807, 2.05) is 26.8 Å². The third-order valence-electron chi connectivity index (χ3n) is 2.33. The van der Waals surface area contributed by atoms with Gasteiger partial charge in [-0.25, -0.2) is 4.39 Å². The van der Waals surface area contributed by atoms with E-state index in [1.165, 1.54) is 6.07 Å². The van der Waals surface area contributed by atoms with Crippen LogP contribution in [0.1, 0.15) is 30.9 Å². The minimum Gasteiger partial charge on any atom is -0.207 e. The molecule has 0 bridgehead atoms. The summed E-state index contributed by atoms with van der Waals surface area (Å²) in [6.07, 6.45) is 0. The third kappa shape index (κ3) is 2.44. The van der Waals surface area contributed by atoms with Crippen molar-refractivity contribution in [3.8, 4) is 0 Å². The molecule has 2 atom stereocenters. The van der Waals surface area contributed by atoms with E-state index in [0.717, 1.165) is 5.56 Å². The Morgan fingerprint density at radius 2 is 1.92 bits per heavy atom. The summed E-state index contributed by atoms with van der Waals surface area (Å²) in [4.78, 5) is 0. The van der Waals surface area contributed by atoms with E-state index in [1.54, 1.807) is 6.07 Å². The highest BCUT2D eigenvalue weighted by Crippen LogP contribution is 2.25. The molecule has 0 N–H and O–H groups in total. The number of halogens is 2. The van der Waals surface area contributed by atoms with Gasteiger partial charge in [-0.1, -0.05) is 24.6 Å². The second-order valence-electron chi connectivity index (χ2n) is 3.49. The van der Waals surface area contributed by atoms with Gasteiger partial charge in [-0.3, -0.25) is 0 Å². The largest absolute Gasteiger partial charge is 0.207 e. The maximum Gasteiger partial charge on any atom is 0.126 e. The number of hydrogen-bond donors (Lipinski definition) is 0. The van der Waals surface area contributed by atoms with Gasteiger partial charge in [0.05, 0.1) is 0 Å². The molecule has 0 aliphatic carbocycles. The van der Waals surface area contributed by atoms with Gasteiger partial charge in [-0.15, -0.1) is 11.6 Å². The Labute approximate surface area is 83.7 Å². The summed E-state index contributed by atoms with van der Waals surface area (Å²) < 4.78 is 13.3. The highest BCUT2D eigenvalue weighted by molar-refractivity contribution is 6.20. The van der Waals surface area contributed by atoms with Gasteiger partial charge in [0, 0.05) is 11.3 Å². The van der Waals surface area contributed by atoms with Crippen molar-refractivity contribution >= 4 is 11.6 Å². The molecular formula is C11H14ClF. The van der Waals surface area contributed by atoms with Crippen LogP contribution < -0.4 is 0 Å². The van der Waals surface area contributed by atoms with E-state index in [4.69, 9.17) is 11.6 Å². The molecule has 0 aliphatic heterocycles. The fourth-order valence-corrected chi connectivity index (χ4v) is 1.40. The third-order valence-corrected chi connectivity index (χ3v) is 2.71. The Balaban J connectivity index is 3.05. The molecule has 2 unspecified atom stereocenters. The van der Waals surface area contributed by atoms with E-state index >= 15 is 0 Å². The van der Waals surface area contributed by atoms with Crippen LogP contribution in [0.5, 0.6) is 0 Å². The summed E-state index contributed by atoms with van der Waals surface area (Å²) in [5.74, 6) is -0.104. The Morgan fingerprint density at radius 3 is 2.46 bits per heavy atom. The number of benzene rings is 1. The second-order valence-corrected chi connectivity index (χ2v) is 4.18. The van der Waals surface area contributed by atoms with Gasteiger partial charge in [-0.05, 0) is 25.5 Å². The Morgan fingerprint density at radius 1 is 1.31 bits per heavy atom. The molecule has 1 aromatic carbocycles. The summed E-state index contributed by atoms with van der Waals surface area (Å²) in [6.45, 7) is 5.78. The Hall–Kier alpha value is -0.560. The summed E-state index contributed by atoms with van der Waals surface area (Å²) in [7, 11) is 0. The van der Waals surface area contributed by atoms with E-state index in [2.05, 4.69) is 0 Å². The van der Waals surface area contributed by atoms with Gasteiger partial charge in [0.15, 0.2) is 0 Å². The number of aryl methyl sites for hydroxylation is 1. The van der Waals surface area contributed by atoms with Crippen LogP contribution in [-0.2, 0) is 0 Å². The van der Waals surface area contributed by atoms with Crippen LogP contribution in [0, 0.1) is 12.7 Å². The van der Waals surface area contributed by atoms with E-state index in [0.29, 0.717) is 5.56 Å². The van der Waals surface area contributed by atoms with Gasteiger partial charge < -0.3 is 0 Å². The fourth-order valence-electron chi connectivity index (χ4n) is 1.26. The molecule has 0 radical (unpaired) electrons. The zero-order chi connectivity index (χ0) is 10.0. The normalized spacial score (nSPS) is 15.5. The van der Waals surface area contributed by atoms with Crippen LogP contribution in [-0.4, -0.2) is 5.38 Å². The first-order valence-corrected chi connectivity index (χ1v) is 4.86. The SMILES string of the molecule is Cc1ccc(F)c(C(C)C(C)Cl)c1. The molecule has 0 aliphatic rings. The molecule has 13 heavy (non-hydrogen) atoms. The van der Waals surface area contributed by atoms with Crippen LogP contribution in [0.3, 0.4) is 0 Å². The van der Waals surface area contributed by atoms with Crippen LogP contribution >= 0.6 is 11.6 Å². The molecule has 72 valence electrons. The van der Waals surface area contributed by atoms with E-state index in [-0.39, 0.29) is 17.1 Å². The molecular weight excluding hydrogens is 187 g/mol. The number of alkyl halides is 1. The van der Waals surface area contributed by atoms with Crippen molar-refractivity contribution in [2.75, 3.05) is 0 Å². The van der Waals surface area contributed by atoms with Crippen LogP contribution in [0.2, 0.25) is 0 Å². The average Bonchev–Trinajstić information content (AvgIpc) is 2.08. The molecule has 0 aromatic heterocycles. The lowest BCUT2D eigenvalue weighted by atomic mass is 9.96. The topological polar surface area (TPSA) is 0 Å². The highest BCUT2D eigenvalue weighted by Gasteiger charge is 2.15. The molecule has 0 heterocycles. The molecule has 0 saturated carbocycles. The van der Waals surface area contributed by atoms with Gasteiger partial charge in [0.2, 0.25) is 0 Å².